The molecule has 0 atom stereocenters. The molecule has 96 valence electrons. The van der Waals surface area contributed by atoms with E-state index >= 15 is 0 Å². The van der Waals surface area contributed by atoms with Gasteiger partial charge in [-0.1, -0.05) is 0 Å². The van der Waals surface area contributed by atoms with Gasteiger partial charge in [0, 0.05) is 30.0 Å². The molecule has 0 saturated heterocycles. The van der Waals surface area contributed by atoms with Crippen LogP contribution in [0.5, 0.6) is 0 Å². The molecule has 0 unspecified atom stereocenters. The number of rotatable bonds is 3. The number of hydrogen-bond acceptors (Lipinski definition) is 3. The minimum absolute atomic E-state index is 0.0510. The van der Waals surface area contributed by atoms with Gasteiger partial charge < -0.3 is 5.32 Å². The summed E-state index contributed by atoms with van der Waals surface area (Å²) < 4.78 is 36.2. The Kier molecular flexibility index (Phi) is 4.08. The van der Waals surface area contributed by atoms with Crippen LogP contribution in [0.3, 0.4) is 0 Å². The highest BCUT2D eigenvalue weighted by Gasteiger charge is 2.29. The molecule has 1 N–H and O–H groups in total. The Labute approximate surface area is 98.5 Å². The zero-order valence-electron chi connectivity index (χ0n) is 10.1. The first-order valence-electron chi connectivity index (χ1n) is 5.27. The summed E-state index contributed by atoms with van der Waals surface area (Å²) in [4.78, 5) is 7.39. The van der Waals surface area contributed by atoms with Gasteiger partial charge >= 0.3 is 6.18 Å². The van der Waals surface area contributed by atoms with E-state index in [1.165, 1.54) is 12.4 Å². The van der Waals surface area contributed by atoms with Crippen molar-refractivity contribution in [1.29, 1.82) is 0 Å². The summed E-state index contributed by atoms with van der Waals surface area (Å²) in [7, 11) is 0. The smallest absolute Gasteiger partial charge is 0.308 e. The van der Waals surface area contributed by atoms with Crippen molar-refractivity contribution < 1.29 is 13.2 Å². The fraction of sp³-hybridized carbons (Fsp3) is 0.636. The predicted octanol–water partition coefficient (Wildman–Crippen LogP) is 2.47. The van der Waals surface area contributed by atoms with Gasteiger partial charge in [0.05, 0.1) is 0 Å². The average molecular weight is 247 g/mol. The number of aromatic nitrogens is 2. The summed E-state index contributed by atoms with van der Waals surface area (Å²) in [5, 5.41) is 3.20. The number of nitrogens with zero attached hydrogens (tertiary/aromatic N) is 2. The summed E-state index contributed by atoms with van der Waals surface area (Å²) in [5.74, 6) is -0.197. The number of halogens is 3. The van der Waals surface area contributed by atoms with Crippen LogP contribution >= 0.6 is 0 Å². The van der Waals surface area contributed by atoms with Gasteiger partial charge in [0.2, 0.25) is 0 Å². The van der Waals surface area contributed by atoms with E-state index in [2.05, 4.69) is 15.3 Å². The van der Waals surface area contributed by atoms with E-state index in [-0.39, 0.29) is 11.4 Å². The molecule has 0 bridgehead atoms. The number of hydrogen-bond donors (Lipinski definition) is 1. The van der Waals surface area contributed by atoms with Crippen LogP contribution in [-0.2, 0) is 13.0 Å². The molecule has 1 rings (SSSR count). The minimum atomic E-state index is -4.26. The summed E-state index contributed by atoms with van der Waals surface area (Å²) in [5.41, 5.74) is 0.718. The van der Waals surface area contributed by atoms with Crippen molar-refractivity contribution in [2.75, 3.05) is 0 Å². The molecule has 0 aliphatic carbocycles. The zero-order chi connectivity index (χ0) is 13.1. The van der Waals surface area contributed by atoms with Crippen LogP contribution < -0.4 is 5.32 Å². The maximum atomic E-state index is 12.1. The van der Waals surface area contributed by atoms with Crippen molar-refractivity contribution in [3.05, 3.63) is 23.8 Å². The Hall–Kier alpha value is -1.17. The lowest BCUT2D eigenvalue weighted by molar-refractivity contribution is -0.128. The fourth-order valence-corrected chi connectivity index (χ4v) is 1.11. The predicted molar refractivity (Wildman–Crippen MR) is 58.4 cm³/mol. The van der Waals surface area contributed by atoms with E-state index in [0.717, 1.165) is 5.56 Å². The summed E-state index contributed by atoms with van der Waals surface area (Å²) >= 11 is 0. The van der Waals surface area contributed by atoms with Gasteiger partial charge in [-0.2, -0.15) is 13.2 Å². The zero-order valence-corrected chi connectivity index (χ0v) is 10.1. The topological polar surface area (TPSA) is 37.8 Å². The third-order valence-electron chi connectivity index (χ3n) is 1.94. The van der Waals surface area contributed by atoms with Gasteiger partial charge in [0.15, 0.2) is 0 Å². The van der Waals surface area contributed by atoms with Crippen LogP contribution in [0.1, 0.15) is 32.2 Å². The Morgan fingerprint density at radius 3 is 2.06 bits per heavy atom. The average Bonchev–Trinajstić information content (AvgIpc) is 2.13. The van der Waals surface area contributed by atoms with E-state index in [4.69, 9.17) is 0 Å². The second-order valence-electron chi connectivity index (χ2n) is 4.90. The van der Waals surface area contributed by atoms with Crippen molar-refractivity contribution in [1.82, 2.24) is 15.3 Å². The second kappa shape index (κ2) is 5.00. The first kappa shape index (κ1) is 13.9. The molecule has 0 saturated carbocycles. The number of alkyl halides is 3. The molecular formula is C11H16F3N3. The van der Waals surface area contributed by atoms with E-state index in [1.54, 1.807) is 0 Å². The molecule has 6 heteroatoms. The molecule has 0 radical (unpaired) electrons. The SMILES string of the molecule is CC(C)(C)NCc1cnc(CC(F)(F)F)nc1. The lowest BCUT2D eigenvalue weighted by Gasteiger charge is -2.20. The van der Waals surface area contributed by atoms with E-state index in [0.29, 0.717) is 6.54 Å². The maximum Gasteiger partial charge on any atom is 0.396 e. The highest BCUT2D eigenvalue weighted by molar-refractivity contribution is 5.06. The molecule has 1 heterocycles. The van der Waals surface area contributed by atoms with Crippen LogP contribution in [0, 0.1) is 0 Å². The second-order valence-corrected chi connectivity index (χ2v) is 4.90. The molecule has 0 amide bonds. The third-order valence-corrected chi connectivity index (χ3v) is 1.94. The van der Waals surface area contributed by atoms with E-state index < -0.39 is 12.6 Å². The van der Waals surface area contributed by atoms with Crippen molar-refractivity contribution >= 4 is 0 Å². The van der Waals surface area contributed by atoms with Gasteiger partial charge in [-0.15, -0.1) is 0 Å². The van der Waals surface area contributed by atoms with Crippen LogP contribution in [0.25, 0.3) is 0 Å². The van der Waals surface area contributed by atoms with Gasteiger partial charge in [0.1, 0.15) is 12.2 Å². The third kappa shape index (κ3) is 6.21. The first-order valence-corrected chi connectivity index (χ1v) is 5.27. The molecule has 0 aromatic carbocycles. The molecule has 1 aromatic rings. The normalized spacial score (nSPS) is 12.8. The molecule has 0 aliphatic rings. The number of nitrogens with one attached hydrogen (secondary N) is 1. The van der Waals surface area contributed by atoms with E-state index in [9.17, 15) is 13.2 Å². The highest BCUT2D eigenvalue weighted by Crippen LogP contribution is 2.18. The highest BCUT2D eigenvalue weighted by atomic mass is 19.4. The first-order chi connectivity index (χ1) is 7.66. The van der Waals surface area contributed by atoms with Gasteiger partial charge in [0.25, 0.3) is 0 Å². The fourth-order valence-electron chi connectivity index (χ4n) is 1.11. The molecular weight excluding hydrogens is 231 g/mol. The molecule has 0 fully saturated rings. The van der Waals surface area contributed by atoms with Crippen molar-refractivity contribution in [2.45, 2.75) is 45.5 Å². The van der Waals surface area contributed by atoms with Gasteiger partial charge in [-0.05, 0) is 20.8 Å². The Bertz CT molecular complexity index is 352. The van der Waals surface area contributed by atoms with Crippen LogP contribution in [0.2, 0.25) is 0 Å². The lowest BCUT2D eigenvalue weighted by atomic mass is 10.1. The van der Waals surface area contributed by atoms with Gasteiger partial charge in [-0.3, -0.25) is 0 Å². The quantitative estimate of drug-likeness (QED) is 0.891. The Morgan fingerprint density at radius 2 is 1.65 bits per heavy atom. The molecule has 0 aliphatic heterocycles. The standard InChI is InChI=1S/C11H16F3N3/c1-10(2,3)17-7-8-5-15-9(16-6-8)4-11(12,13)14/h5-6,17H,4,7H2,1-3H3. The summed E-state index contributed by atoms with van der Waals surface area (Å²) in [6.45, 7) is 6.55. The maximum absolute atomic E-state index is 12.1. The van der Waals surface area contributed by atoms with E-state index in [1.807, 2.05) is 20.8 Å². The lowest BCUT2D eigenvalue weighted by Crippen LogP contribution is -2.35. The van der Waals surface area contributed by atoms with Gasteiger partial charge in [-0.25, -0.2) is 9.97 Å². The summed E-state index contributed by atoms with van der Waals surface area (Å²) in [6, 6.07) is 0. The largest absolute Gasteiger partial charge is 0.396 e. The van der Waals surface area contributed by atoms with Crippen molar-refractivity contribution in [3.63, 3.8) is 0 Å². The summed E-state index contributed by atoms with van der Waals surface area (Å²) in [6.07, 6.45) is -2.50. The monoisotopic (exact) mass is 247 g/mol. The van der Waals surface area contributed by atoms with Crippen LogP contribution in [0.4, 0.5) is 13.2 Å². The molecule has 1 aromatic heterocycles. The van der Waals surface area contributed by atoms with Crippen LogP contribution in [0.15, 0.2) is 12.4 Å². The van der Waals surface area contributed by atoms with Crippen LogP contribution in [-0.4, -0.2) is 21.7 Å². The van der Waals surface area contributed by atoms with Crippen molar-refractivity contribution in [2.24, 2.45) is 0 Å². The Balaban J connectivity index is 2.56. The Morgan fingerprint density at radius 1 is 1.12 bits per heavy atom. The molecule has 17 heavy (non-hydrogen) atoms. The molecule has 3 nitrogen and oxygen atoms in total. The minimum Gasteiger partial charge on any atom is -0.308 e. The van der Waals surface area contributed by atoms with Crippen molar-refractivity contribution in [3.8, 4) is 0 Å². The molecule has 0 spiro atoms.